The molecule has 2 rings (SSSR count). The molecule has 7 nitrogen and oxygen atoms in total. The number of non-ortho nitro benzene ring substituents is 1. The Morgan fingerprint density at radius 2 is 1.91 bits per heavy atom. The molecule has 1 aromatic carbocycles. The van der Waals surface area contributed by atoms with Crippen LogP contribution in [0.5, 0.6) is 0 Å². The molecule has 0 radical (unpaired) electrons. The minimum Gasteiger partial charge on any atom is -0.481 e. The van der Waals surface area contributed by atoms with Crippen molar-refractivity contribution in [3.63, 3.8) is 0 Å². The quantitative estimate of drug-likeness (QED) is 0.652. The molecule has 0 aromatic heterocycles. The van der Waals surface area contributed by atoms with Crippen LogP contribution in [0, 0.1) is 22.0 Å². The van der Waals surface area contributed by atoms with E-state index in [0.717, 1.165) is 12.8 Å². The van der Waals surface area contributed by atoms with Gasteiger partial charge >= 0.3 is 5.97 Å². The van der Waals surface area contributed by atoms with Crippen molar-refractivity contribution in [2.45, 2.75) is 25.7 Å². The number of hydrogen-bond donors (Lipinski definition) is 2. The Kier molecular flexibility index (Phi) is 4.97. The molecule has 0 heterocycles. The van der Waals surface area contributed by atoms with Crippen molar-refractivity contribution in [1.29, 1.82) is 0 Å². The number of rotatable bonds is 4. The van der Waals surface area contributed by atoms with E-state index in [2.05, 4.69) is 5.32 Å². The highest BCUT2D eigenvalue weighted by Gasteiger charge is 2.35. The zero-order chi connectivity index (χ0) is 16.3. The number of nitrogens with one attached hydrogen (secondary N) is 1. The summed E-state index contributed by atoms with van der Waals surface area (Å²) >= 11 is 5.93. The van der Waals surface area contributed by atoms with Crippen molar-refractivity contribution in [1.82, 2.24) is 0 Å². The topological polar surface area (TPSA) is 110 Å². The summed E-state index contributed by atoms with van der Waals surface area (Å²) in [6.45, 7) is 0. The van der Waals surface area contributed by atoms with Gasteiger partial charge in [-0.3, -0.25) is 19.7 Å². The van der Waals surface area contributed by atoms with Crippen molar-refractivity contribution in [2.75, 3.05) is 5.32 Å². The minimum atomic E-state index is -0.995. The lowest BCUT2D eigenvalue weighted by molar-refractivity contribution is -0.384. The van der Waals surface area contributed by atoms with Gasteiger partial charge in [0.2, 0.25) is 5.91 Å². The lowest BCUT2D eigenvalue weighted by atomic mass is 9.78. The number of carbonyl (C=O) groups excluding carboxylic acids is 1. The number of nitro groups is 1. The lowest BCUT2D eigenvalue weighted by Crippen LogP contribution is -2.36. The zero-order valence-electron chi connectivity index (χ0n) is 11.6. The van der Waals surface area contributed by atoms with Crippen LogP contribution in [0.1, 0.15) is 25.7 Å². The van der Waals surface area contributed by atoms with Crippen LogP contribution < -0.4 is 5.32 Å². The third kappa shape index (κ3) is 3.54. The second-order valence-electron chi connectivity index (χ2n) is 5.25. The molecule has 0 aliphatic heterocycles. The summed E-state index contributed by atoms with van der Waals surface area (Å²) < 4.78 is 0. The lowest BCUT2D eigenvalue weighted by Gasteiger charge is -2.27. The summed E-state index contributed by atoms with van der Waals surface area (Å²) in [6, 6.07) is 3.72. The van der Waals surface area contributed by atoms with E-state index in [-0.39, 0.29) is 16.4 Å². The molecule has 118 valence electrons. The molecule has 0 spiro atoms. The van der Waals surface area contributed by atoms with Gasteiger partial charge in [-0.05, 0) is 18.9 Å². The van der Waals surface area contributed by atoms with Gasteiger partial charge in [-0.15, -0.1) is 0 Å². The smallest absolute Gasteiger partial charge is 0.307 e. The SMILES string of the molecule is O=C(O)C1CCCCC1C(=O)Nc1cc([N+](=O)[O-])ccc1Cl. The monoisotopic (exact) mass is 326 g/mol. The van der Waals surface area contributed by atoms with Gasteiger partial charge in [-0.2, -0.15) is 0 Å². The highest BCUT2D eigenvalue weighted by atomic mass is 35.5. The maximum absolute atomic E-state index is 12.3. The van der Waals surface area contributed by atoms with Gasteiger partial charge < -0.3 is 10.4 Å². The Morgan fingerprint density at radius 1 is 1.27 bits per heavy atom. The van der Waals surface area contributed by atoms with Crippen molar-refractivity contribution >= 4 is 34.9 Å². The van der Waals surface area contributed by atoms with Crippen LogP contribution in [0.15, 0.2) is 18.2 Å². The normalized spacial score (nSPS) is 21.1. The number of nitrogens with zero attached hydrogens (tertiary/aromatic N) is 1. The fraction of sp³-hybridized carbons (Fsp3) is 0.429. The number of carboxylic acid groups (broad SMARTS) is 1. The van der Waals surface area contributed by atoms with Gasteiger partial charge in [0.15, 0.2) is 0 Å². The van der Waals surface area contributed by atoms with Crippen molar-refractivity contribution < 1.29 is 19.6 Å². The van der Waals surface area contributed by atoms with E-state index < -0.39 is 28.6 Å². The average Bonchev–Trinajstić information content (AvgIpc) is 2.49. The Labute approximate surface area is 131 Å². The molecule has 1 aliphatic carbocycles. The average molecular weight is 327 g/mol. The Bertz CT molecular complexity index is 619. The molecule has 2 atom stereocenters. The summed E-state index contributed by atoms with van der Waals surface area (Å²) in [6.07, 6.45) is 2.49. The fourth-order valence-corrected chi connectivity index (χ4v) is 2.85. The molecule has 2 unspecified atom stereocenters. The Morgan fingerprint density at radius 3 is 2.50 bits per heavy atom. The molecule has 22 heavy (non-hydrogen) atoms. The van der Waals surface area contributed by atoms with Crippen LogP contribution in [0.25, 0.3) is 0 Å². The maximum Gasteiger partial charge on any atom is 0.307 e. The number of carboxylic acids is 1. The van der Waals surface area contributed by atoms with Crippen LogP contribution >= 0.6 is 11.6 Å². The second kappa shape index (κ2) is 6.74. The van der Waals surface area contributed by atoms with E-state index in [9.17, 15) is 24.8 Å². The molecule has 1 fully saturated rings. The third-order valence-corrected chi connectivity index (χ3v) is 4.17. The maximum atomic E-state index is 12.3. The number of nitro benzene ring substituents is 1. The van der Waals surface area contributed by atoms with E-state index in [1.54, 1.807) is 0 Å². The van der Waals surface area contributed by atoms with Crippen LogP contribution in [0.4, 0.5) is 11.4 Å². The molecule has 1 amide bonds. The van der Waals surface area contributed by atoms with Gasteiger partial charge in [0, 0.05) is 12.1 Å². The van der Waals surface area contributed by atoms with Crippen molar-refractivity contribution in [3.05, 3.63) is 33.3 Å². The van der Waals surface area contributed by atoms with Crippen LogP contribution in [-0.2, 0) is 9.59 Å². The van der Waals surface area contributed by atoms with Crippen molar-refractivity contribution in [2.24, 2.45) is 11.8 Å². The summed E-state index contributed by atoms with van der Waals surface area (Å²) in [5.74, 6) is -2.84. The first-order chi connectivity index (χ1) is 10.4. The second-order valence-corrected chi connectivity index (χ2v) is 5.65. The molecule has 1 saturated carbocycles. The number of benzene rings is 1. The van der Waals surface area contributed by atoms with E-state index in [1.165, 1.54) is 18.2 Å². The van der Waals surface area contributed by atoms with Gasteiger partial charge in [-0.1, -0.05) is 24.4 Å². The van der Waals surface area contributed by atoms with Crippen LogP contribution in [-0.4, -0.2) is 21.9 Å². The summed E-state index contributed by atoms with van der Waals surface area (Å²) in [5, 5.41) is 22.7. The molecule has 8 heteroatoms. The Balaban J connectivity index is 2.19. The van der Waals surface area contributed by atoms with Crippen LogP contribution in [0.2, 0.25) is 5.02 Å². The summed E-state index contributed by atoms with van der Waals surface area (Å²) in [4.78, 5) is 33.7. The minimum absolute atomic E-state index is 0.121. The zero-order valence-corrected chi connectivity index (χ0v) is 12.4. The highest BCUT2D eigenvalue weighted by molar-refractivity contribution is 6.33. The number of anilines is 1. The van der Waals surface area contributed by atoms with Gasteiger partial charge in [0.05, 0.1) is 27.5 Å². The summed E-state index contributed by atoms with van der Waals surface area (Å²) in [7, 11) is 0. The number of amides is 1. The number of hydrogen-bond acceptors (Lipinski definition) is 4. The van der Waals surface area contributed by atoms with E-state index in [0.29, 0.717) is 12.8 Å². The van der Waals surface area contributed by atoms with Crippen molar-refractivity contribution in [3.8, 4) is 0 Å². The highest BCUT2D eigenvalue weighted by Crippen LogP contribution is 2.33. The van der Waals surface area contributed by atoms with Gasteiger partial charge in [-0.25, -0.2) is 0 Å². The largest absolute Gasteiger partial charge is 0.481 e. The Hall–Kier alpha value is -2.15. The molecule has 0 bridgehead atoms. The number of aliphatic carboxylic acids is 1. The van der Waals surface area contributed by atoms with Crippen LogP contribution in [0.3, 0.4) is 0 Å². The molecule has 1 aromatic rings. The first-order valence-corrected chi connectivity index (χ1v) is 7.25. The van der Waals surface area contributed by atoms with E-state index in [4.69, 9.17) is 11.6 Å². The first kappa shape index (κ1) is 16.2. The predicted molar refractivity (Wildman–Crippen MR) is 79.8 cm³/mol. The van der Waals surface area contributed by atoms with E-state index >= 15 is 0 Å². The first-order valence-electron chi connectivity index (χ1n) is 6.87. The number of halogens is 1. The molecule has 0 saturated heterocycles. The predicted octanol–water partition coefficient (Wildman–Crippen LogP) is 3.08. The molecular formula is C14H15ClN2O5. The standard InChI is InChI=1S/C14H15ClN2O5/c15-11-6-5-8(17(21)22)7-12(11)16-13(18)9-3-1-2-4-10(9)14(19)20/h5-7,9-10H,1-4H2,(H,16,18)(H,19,20). The molecular weight excluding hydrogens is 312 g/mol. The third-order valence-electron chi connectivity index (χ3n) is 3.84. The molecule has 2 N–H and O–H groups in total. The fourth-order valence-electron chi connectivity index (χ4n) is 2.69. The van der Waals surface area contributed by atoms with Gasteiger partial charge in [0.25, 0.3) is 5.69 Å². The van der Waals surface area contributed by atoms with E-state index in [1.807, 2.05) is 0 Å². The number of carbonyl (C=O) groups is 2. The summed E-state index contributed by atoms with van der Waals surface area (Å²) in [5.41, 5.74) is -0.0753. The van der Waals surface area contributed by atoms with Gasteiger partial charge in [0.1, 0.15) is 0 Å². The molecule has 1 aliphatic rings.